The van der Waals surface area contributed by atoms with E-state index in [1.165, 1.54) is 5.56 Å². The second-order valence-electron chi connectivity index (χ2n) is 6.36. The molecule has 6 nitrogen and oxygen atoms in total. The quantitative estimate of drug-likeness (QED) is 0.798. The summed E-state index contributed by atoms with van der Waals surface area (Å²) in [4.78, 5) is 33.8. The topological polar surface area (TPSA) is 56.8 Å². The first kappa shape index (κ1) is 15.6. The van der Waals surface area contributed by atoms with Crippen LogP contribution in [0.15, 0.2) is 42.6 Å². The summed E-state index contributed by atoms with van der Waals surface area (Å²) < 4.78 is 0. The number of hydrogen-bond donors (Lipinski definition) is 0. The van der Waals surface area contributed by atoms with Crippen molar-refractivity contribution in [3.63, 3.8) is 0 Å². The van der Waals surface area contributed by atoms with Gasteiger partial charge in [-0.2, -0.15) is 0 Å². The maximum Gasteiger partial charge on any atom is 0.276 e. The van der Waals surface area contributed by atoms with Crippen molar-refractivity contribution in [1.29, 1.82) is 0 Å². The second kappa shape index (κ2) is 6.55. The zero-order chi connectivity index (χ0) is 17.2. The number of carbonyl (C=O) groups excluding carboxylic acids is 2. The van der Waals surface area contributed by atoms with E-state index in [0.29, 0.717) is 25.3 Å². The first-order valence-corrected chi connectivity index (χ1v) is 8.56. The van der Waals surface area contributed by atoms with E-state index in [0.717, 1.165) is 37.3 Å². The molecule has 128 valence electrons. The summed E-state index contributed by atoms with van der Waals surface area (Å²) in [7, 11) is 0. The molecule has 1 fully saturated rings. The minimum absolute atomic E-state index is 0.0571. The molecule has 4 rings (SSSR count). The molecule has 0 unspecified atom stereocenters. The van der Waals surface area contributed by atoms with Crippen molar-refractivity contribution in [2.75, 3.05) is 42.5 Å². The van der Waals surface area contributed by atoms with E-state index >= 15 is 0 Å². The molecular weight excluding hydrogens is 316 g/mol. The molecule has 2 aromatic rings. The monoisotopic (exact) mass is 336 g/mol. The lowest BCUT2D eigenvalue weighted by Crippen LogP contribution is -2.45. The van der Waals surface area contributed by atoms with Crippen LogP contribution in [0, 0.1) is 0 Å². The van der Waals surface area contributed by atoms with E-state index in [1.807, 2.05) is 35.2 Å². The van der Waals surface area contributed by atoms with Gasteiger partial charge in [-0.05, 0) is 30.2 Å². The van der Waals surface area contributed by atoms with E-state index < -0.39 is 0 Å². The van der Waals surface area contributed by atoms with Gasteiger partial charge in [0.15, 0.2) is 0 Å². The number of para-hydroxylation sites is 1. The molecule has 1 aromatic carbocycles. The van der Waals surface area contributed by atoms with E-state index in [2.05, 4.69) is 16.0 Å². The van der Waals surface area contributed by atoms with Crippen LogP contribution in [0.4, 0.5) is 11.4 Å². The summed E-state index contributed by atoms with van der Waals surface area (Å²) in [6, 6.07) is 11.8. The fourth-order valence-corrected chi connectivity index (χ4v) is 3.51. The fraction of sp³-hybridized carbons (Fsp3) is 0.316. The highest BCUT2D eigenvalue weighted by atomic mass is 16.2. The molecule has 0 bridgehead atoms. The zero-order valence-corrected chi connectivity index (χ0v) is 14.0. The summed E-state index contributed by atoms with van der Waals surface area (Å²) in [5.74, 6) is -0.0571. The minimum Gasteiger partial charge on any atom is -0.368 e. The average Bonchev–Trinajstić information content (AvgIpc) is 3.12. The van der Waals surface area contributed by atoms with Crippen LogP contribution in [0.25, 0.3) is 0 Å². The number of pyridine rings is 1. The van der Waals surface area contributed by atoms with Crippen molar-refractivity contribution in [3.05, 3.63) is 53.9 Å². The lowest BCUT2D eigenvalue weighted by atomic mass is 10.2. The maximum atomic E-state index is 12.9. The molecule has 2 amide bonds. The number of benzene rings is 1. The Balaban J connectivity index is 1.54. The molecule has 1 saturated heterocycles. The normalized spacial score (nSPS) is 16.7. The molecule has 0 N–H and O–H groups in total. The summed E-state index contributed by atoms with van der Waals surface area (Å²) >= 11 is 0. The summed E-state index contributed by atoms with van der Waals surface area (Å²) in [5, 5.41) is 0. The van der Waals surface area contributed by atoms with Crippen molar-refractivity contribution < 1.29 is 9.59 Å². The smallest absolute Gasteiger partial charge is 0.276 e. The van der Waals surface area contributed by atoms with Gasteiger partial charge in [-0.25, -0.2) is 0 Å². The SMILES string of the molecule is O=CN1CCN(c2ccnc(C(=O)N3CCc4ccccc43)c2)CC1. The number of piperazine rings is 1. The molecule has 6 heteroatoms. The Morgan fingerprint density at radius 1 is 1.04 bits per heavy atom. The van der Waals surface area contributed by atoms with Gasteiger partial charge in [0.05, 0.1) is 0 Å². The van der Waals surface area contributed by atoms with Gasteiger partial charge in [-0.15, -0.1) is 0 Å². The Labute approximate surface area is 146 Å². The number of nitrogens with zero attached hydrogens (tertiary/aromatic N) is 4. The van der Waals surface area contributed by atoms with Crippen LogP contribution < -0.4 is 9.80 Å². The molecular formula is C19H20N4O2. The molecule has 0 aliphatic carbocycles. The third-order valence-electron chi connectivity index (χ3n) is 4.92. The first-order valence-electron chi connectivity index (χ1n) is 8.56. The minimum atomic E-state index is -0.0571. The van der Waals surface area contributed by atoms with Gasteiger partial charge in [0.25, 0.3) is 5.91 Å². The Bertz CT molecular complexity index is 800. The van der Waals surface area contributed by atoms with Gasteiger partial charge in [-0.1, -0.05) is 18.2 Å². The Morgan fingerprint density at radius 3 is 2.64 bits per heavy atom. The Hall–Kier alpha value is -2.89. The predicted molar refractivity (Wildman–Crippen MR) is 95.9 cm³/mol. The summed E-state index contributed by atoms with van der Waals surface area (Å²) in [5.41, 5.74) is 3.64. The van der Waals surface area contributed by atoms with E-state index in [4.69, 9.17) is 0 Å². The molecule has 0 saturated carbocycles. The molecule has 0 radical (unpaired) electrons. The van der Waals surface area contributed by atoms with Crippen LogP contribution >= 0.6 is 0 Å². The van der Waals surface area contributed by atoms with Crippen molar-refractivity contribution >= 4 is 23.7 Å². The van der Waals surface area contributed by atoms with Crippen LogP contribution in [-0.4, -0.2) is 54.9 Å². The Morgan fingerprint density at radius 2 is 1.84 bits per heavy atom. The van der Waals surface area contributed by atoms with Gasteiger partial charge in [0, 0.05) is 50.3 Å². The lowest BCUT2D eigenvalue weighted by molar-refractivity contribution is -0.118. The average molecular weight is 336 g/mol. The van der Waals surface area contributed by atoms with Gasteiger partial charge in [0.2, 0.25) is 6.41 Å². The highest BCUT2D eigenvalue weighted by Gasteiger charge is 2.26. The molecule has 2 aliphatic rings. The standard InChI is InChI=1S/C19H20N4O2/c24-14-21-9-11-22(12-10-21)16-5-7-20-17(13-16)19(25)23-8-6-15-3-1-2-4-18(15)23/h1-5,7,13-14H,6,8-12H2. The highest BCUT2D eigenvalue weighted by Crippen LogP contribution is 2.29. The van der Waals surface area contributed by atoms with Crippen molar-refractivity contribution in [2.24, 2.45) is 0 Å². The molecule has 25 heavy (non-hydrogen) atoms. The fourth-order valence-electron chi connectivity index (χ4n) is 3.51. The van der Waals surface area contributed by atoms with E-state index in [9.17, 15) is 9.59 Å². The number of anilines is 2. The van der Waals surface area contributed by atoms with Crippen molar-refractivity contribution in [1.82, 2.24) is 9.88 Å². The third kappa shape index (κ3) is 2.95. The second-order valence-corrected chi connectivity index (χ2v) is 6.36. The summed E-state index contributed by atoms with van der Waals surface area (Å²) in [6.45, 7) is 3.64. The number of carbonyl (C=O) groups is 2. The predicted octanol–water partition coefficient (Wildman–Crippen LogP) is 1.56. The van der Waals surface area contributed by atoms with Gasteiger partial charge in [0.1, 0.15) is 5.69 Å². The van der Waals surface area contributed by atoms with E-state index in [1.54, 1.807) is 11.1 Å². The van der Waals surface area contributed by atoms with Crippen molar-refractivity contribution in [2.45, 2.75) is 6.42 Å². The number of rotatable bonds is 3. The molecule has 0 atom stereocenters. The van der Waals surface area contributed by atoms with Gasteiger partial charge >= 0.3 is 0 Å². The van der Waals surface area contributed by atoms with Crippen LogP contribution in [0.5, 0.6) is 0 Å². The largest absolute Gasteiger partial charge is 0.368 e. The molecule has 2 aliphatic heterocycles. The molecule has 1 aromatic heterocycles. The zero-order valence-electron chi connectivity index (χ0n) is 14.0. The molecule has 0 spiro atoms. The van der Waals surface area contributed by atoms with Crippen LogP contribution in [0.2, 0.25) is 0 Å². The highest BCUT2D eigenvalue weighted by molar-refractivity contribution is 6.06. The lowest BCUT2D eigenvalue weighted by Gasteiger charge is -2.34. The Kier molecular flexibility index (Phi) is 4.09. The summed E-state index contributed by atoms with van der Waals surface area (Å²) in [6.07, 6.45) is 3.47. The number of hydrogen-bond acceptors (Lipinski definition) is 4. The molecule has 3 heterocycles. The van der Waals surface area contributed by atoms with Gasteiger partial charge < -0.3 is 14.7 Å². The number of aromatic nitrogens is 1. The van der Waals surface area contributed by atoms with Crippen LogP contribution in [-0.2, 0) is 11.2 Å². The first-order chi connectivity index (χ1) is 12.3. The van der Waals surface area contributed by atoms with Gasteiger partial charge in [-0.3, -0.25) is 14.6 Å². The maximum absolute atomic E-state index is 12.9. The van der Waals surface area contributed by atoms with E-state index in [-0.39, 0.29) is 5.91 Å². The van der Waals surface area contributed by atoms with Crippen LogP contribution in [0.1, 0.15) is 16.1 Å². The third-order valence-corrected chi connectivity index (χ3v) is 4.92. The van der Waals surface area contributed by atoms with Crippen molar-refractivity contribution in [3.8, 4) is 0 Å². The number of amides is 2. The van der Waals surface area contributed by atoms with Crippen LogP contribution in [0.3, 0.4) is 0 Å². The number of fused-ring (bicyclic) bond motifs is 1.